The number of carbonyl (C=O) groups excluding carboxylic acids is 1. The van der Waals surface area contributed by atoms with Crippen LogP contribution in [-0.2, 0) is 0 Å². The van der Waals surface area contributed by atoms with Crippen LogP contribution < -0.4 is 5.32 Å². The molecule has 0 radical (unpaired) electrons. The highest BCUT2D eigenvalue weighted by Crippen LogP contribution is 2.15. The lowest BCUT2D eigenvalue weighted by molar-refractivity contribution is 0.102. The first-order valence-electron chi connectivity index (χ1n) is 5.72. The molecule has 1 aromatic heterocycles. The number of nitrogens with zero attached hydrogens (tertiary/aromatic N) is 2. The van der Waals surface area contributed by atoms with Gasteiger partial charge >= 0.3 is 0 Å². The van der Waals surface area contributed by atoms with Gasteiger partial charge in [-0.05, 0) is 36.1 Å². The maximum Gasteiger partial charge on any atom is 0.256 e. The zero-order valence-electron chi connectivity index (χ0n) is 10.3. The lowest BCUT2D eigenvalue weighted by Gasteiger charge is -2.04. The van der Waals surface area contributed by atoms with Gasteiger partial charge in [-0.15, -0.1) is 22.0 Å². The summed E-state index contributed by atoms with van der Waals surface area (Å²) in [7, 11) is 0. The number of halogens is 1. The van der Waals surface area contributed by atoms with E-state index >= 15 is 0 Å². The zero-order valence-corrected chi connectivity index (χ0v) is 11.1. The summed E-state index contributed by atoms with van der Waals surface area (Å²) >= 11 is 1.57. The van der Waals surface area contributed by atoms with Gasteiger partial charge in [0.15, 0.2) is 5.82 Å². The van der Waals surface area contributed by atoms with Crippen LogP contribution in [0.3, 0.4) is 0 Å². The molecule has 98 valence electrons. The number of rotatable bonds is 4. The average molecular weight is 277 g/mol. The van der Waals surface area contributed by atoms with E-state index < -0.39 is 11.7 Å². The van der Waals surface area contributed by atoms with Gasteiger partial charge in [0.1, 0.15) is 10.8 Å². The highest BCUT2D eigenvalue weighted by molar-refractivity contribution is 7.99. The predicted molar refractivity (Wildman–Crippen MR) is 72.8 cm³/mol. The molecule has 4 nitrogen and oxygen atoms in total. The van der Waals surface area contributed by atoms with Crippen LogP contribution in [0.15, 0.2) is 41.4 Å². The van der Waals surface area contributed by atoms with Gasteiger partial charge in [-0.25, -0.2) is 4.39 Å². The lowest BCUT2D eigenvalue weighted by atomic mass is 10.2. The third-order valence-corrected chi connectivity index (χ3v) is 3.06. The van der Waals surface area contributed by atoms with E-state index in [4.69, 9.17) is 0 Å². The number of aromatic nitrogens is 2. The summed E-state index contributed by atoms with van der Waals surface area (Å²) in [6.07, 6.45) is 0. The van der Waals surface area contributed by atoms with Crippen LogP contribution in [0.25, 0.3) is 0 Å². The Balaban J connectivity index is 2.06. The van der Waals surface area contributed by atoms with Gasteiger partial charge in [0, 0.05) is 5.56 Å². The Morgan fingerprint density at radius 3 is 2.79 bits per heavy atom. The molecular formula is C13H12FN3OS. The predicted octanol–water partition coefficient (Wildman–Crippen LogP) is 2.98. The molecule has 0 unspecified atom stereocenters. The van der Waals surface area contributed by atoms with Crippen LogP contribution in [-0.4, -0.2) is 21.9 Å². The second-order valence-corrected chi connectivity index (χ2v) is 4.94. The molecule has 0 aliphatic carbocycles. The molecule has 0 saturated heterocycles. The minimum Gasteiger partial charge on any atom is -0.305 e. The maximum atomic E-state index is 13.0. The van der Waals surface area contributed by atoms with Crippen LogP contribution in [0.1, 0.15) is 17.3 Å². The topological polar surface area (TPSA) is 54.9 Å². The van der Waals surface area contributed by atoms with E-state index in [9.17, 15) is 9.18 Å². The van der Waals surface area contributed by atoms with E-state index in [1.54, 1.807) is 23.9 Å². The lowest BCUT2D eigenvalue weighted by Crippen LogP contribution is -2.13. The Bertz CT molecular complexity index is 574. The van der Waals surface area contributed by atoms with E-state index in [0.29, 0.717) is 5.82 Å². The van der Waals surface area contributed by atoms with Gasteiger partial charge in [0.2, 0.25) is 0 Å². The number of anilines is 1. The molecule has 1 amide bonds. The second-order valence-electron chi connectivity index (χ2n) is 3.65. The molecule has 6 heteroatoms. The molecule has 1 heterocycles. The van der Waals surface area contributed by atoms with Gasteiger partial charge in [-0.3, -0.25) is 4.79 Å². The third kappa shape index (κ3) is 3.75. The molecule has 1 N–H and O–H groups in total. The van der Waals surface area contributed by atoms with Gasteiger partial charge in [-0.1, -0.05) is 13.0 Å². The summed E-state index contributed by atoms with van der Waals surface area (Å²) < 4.78 is 13.0. The summed E-state index contributed by atoms with van der Waals surface area (Å²) in [4.78, 5) is 11.8. The molecule has 0 saturated carbocycles. The normalized spacial score (nSPS) is 10.2. The Morgan fingerprint density at radius 2 is 2.16 bits per heavy atom. The number of carbonyl (C=O) groups is 1. The Labute approximate surface area is 114 Å². The molecule has 0 fully saturated rings. The summed E-state index contributed by atoms with van der Waals surface area (Å²) in [5, 5.41) is 11.2. The van der Waals surface area contributed by atoms with E-state index in [-0.39, 0.29) is 5.56 Å². The molecule has 2 rings (SSSR count). The number of benzene rings is 1. The van der Waals surface area contributed by atoms with Crippen molar-refractivity contribution in [1.29, 1.82) is 0 Å². The number of hydrogen-bond acceptors (Lipinski definition) is 4. The fraction of sp³-hybridized carbons (Fsp3) is 0.154. The van der Waals surface area contributed by atoms with Crippen molar-refractivity contribution in [3.05, 3.63) is 47.8 Å². The number of hydrogen-bond donors (Lipinski definition) is 1. The Morgan fingerprint density at radius 1 is 1.32 bits per heavy atom. The number of thioether (sulfide) groups is 1. The molecule has 0 aliphatic heterocycles. The number of nitrogens with one attached hydrogen (secondary N) is 1. The molecular weight excluding hydrogens is 265 g/mol. The van der Waals surface area contributed by atoms with Crippen molar-refractivity contribution in [2.24, 2.45) is 0 Å². The molecule has 2 aromatic rings. The van der Waals surface area contributed by atoms with Gasteiger partial charge in [-0.2, -0.15) is 0 Å². The van der Waals surface area contributed by atoms with Crippen molar-refractivity contribution in [3.8, 4) is 0 Å². The molecule has 0 atom stereocenters. The van der Waals surface area contributed by atoms with E-state index in [1.165, 1.54) is 24.3 Å². The van der Waals surface area contributed by atoms with Gasteiger partial charge < -0.3 is 5.32 Å². The SMILES string of the molecule is CCSc1ccc(NC(=O)c2cccc(F)c2)nn1. The first-order valence-corrected chi connectivity index (χ1v) is 6.71. The molecule has 0 spiro atoms. The average Bonchev–Trinajstić information content (AvgIpc) is 2.41. The second kappa shape index (κ2) is 6.29. The zero-order chi connectivity index (χ0) is 13.7. The van der Waals surface area contributed by atoms with Crippen molar-refractivity contribution >= 4 is 23.5 Å². The van der Waals surface area contributed by atoms with Crippen molar-refractivity contribution in [2.75, 3.05) is 11.1 Å². The van der Waals surface area contributed by atoms with Crippen molar-refractivity contribution in [3.63, 3.8) is 0 Å². The number of amides is 1. The smallest absolute Gasteiger partial charge is 0.256 e. The van der Waals surface area contributed by atoms with Crippen LogP contribution in [0.2, 0.25) is 0 Å². The van der Waals surface area contributed by atoms with Crippen LogP contribution in [0.4, 0.5) is 10.2 Å². The minimum absolute atomic E-state index is 0.244. The summed E-state index contributed by atoms with van der Waals surface area (Å²) in [6, 6.07) is 8.92. The summed E-state index contributed by atoms with van der Waals surface area (Å²) in [6.45, 7) is 2.02. The largest absolute Gasteiger partial charge is 0.305 e. The van der Waals surface area contributed by atoms with E-state index in [2.05, 4.69) is 15.5 Å². The van der Waals surface area contributed by atoms with Crippen molar-refractivity contribution in [1.82, 2.24) is 10.2 Å². The van der Waals surface area contributed by atoms with Crippen LogP contribution in [0, 0.1) is 5.82 Å². The van der Waals surface area contributed by atoms with Gasteiger partial charge in [0.05, 0.1) is 0 Å². The van der Waals surface area contributed by atoms with Crippen molar-refractivity contribution < 1.29 is 9.18 Å². The summed E-state index contributed by atoms with van der Waals surface area (Å²) in [5.41, 5.74) is 0.244. The third-order valence-electron chi connectivity index (χ3n) is 2.26. The van der Waals surface area contributed by atoms with Crippen molar-refractivity contribution in [2.45, 2.75) is 11.9 Å². The highest BCUT2D eigenvalue weighted by Gasteiger charge is 2.08. The minimum atomic E-state index is -0.451. The molecule has 19 heavy (non-hydrogen) atoms. The van der Waals surface area contributed by atoms with Crippen LogP contribution in [0.5, 0.6) is 0 Å². The van der Waals surface area contributed by atoms with E-state index in [0.717, 1.165) is 10.8 Å². The fourth-order valence-corrected chi connectivity index (χ4v) is 1.99. The Kier molecular flexibility index (Phi) is 4.46. The highest BCUT2D eigenvalue weighted by atomic mass is 32.2. The standard InChI is InChI=1S/C13H12FN3OS/c1-2-19-12-7-6-11(16-17-12)15-13(18)9-4-3-5-10(14)8-9/h3-8H,2H2,1H3,(H,15,16,18). The van der Waals surface area contributed by atoms with Gasteiger partial charge in [0.25, 0.3) is 5.91 Å². The first kappa shape index (κ1) is 13.5. The first-order chi connectivity index (χ1) is 9.19. The monoisotopic (exact) mass is 277 g/mol. The van der Waals surface area contributed by atoms with Crippen LogP contribution >= 0.6 is 11.8 Å². The molecule has 1 aromatic carbocycles. The maximum absolute atomic E-state index is 13.0. The fourth-order valence-electron chi connectivity index (χ4n) is 1.43. The molecule has 0 aliphatic rings. The van der Waals surface area contributed by atoms with E-state index in [1.807, 2.05) is 6.92 Å². The quantitative estimate of drug-likeness (QED) is 0.873. The Hall–Kier alpha value is -1.95. The summed E-state index contributed by atoms with van der Waals surface area (Å²) in [5.74, 6) is 0.386. The molecule has 0 bridgehead atoms.